The number of rotatable bonds is 6. The summed E-state index contributed by atoms with van der Waals surface area (Å²) in [6, 6.07) is 14.4. The fraction of sp³-hybridized carbons (Fsp3) is 0.278. The second-order valence-electron chi connectivity index (χ2n) is 5.18. The van der Waals surface area contributed by atoms with E-state index in [0.717, 1.165) is 34.5 Å². The van der Waals surface area contributed by atoms with E-state index in [9.17, 15) is 4.79 Å². The summed E-state index contributed by atoms with van der Waals surface area (Å²) < 4.78 is 0. The van der Waals surface area contributed by atoms with Gasteiger partial charge < -0.3 is 10.1 Å². The second kappa shape index (κ2) is 7.28. The highest BCUT2D eigenvalue weighted by Crippen LogP contribution is 2.26. The molecule has 0 heterocycles. The van der Waals surface area contributed by atoms with Gasteiger partial charge in [-0.15, -0.1) is 0 Å². The Morgan fingerprint density at radius 2 is 2.05 bits per heavy atom. The number of hydrogen-bond donors (Lipinski definition) is 1. The first-order chi connectivity index (χ1) is 10.1. The van der Waals surface area contributed by atoms with Gasteiger partial charge >= 0.3 is 0 Å². The van der Waals surface area contributed by atoms with E-state index < -0.39 is 0 Å². The Labute approximate surface area is 131 Å². The lowest BCUT2D eigenvalue weighted by molar-refractivity contribution is -0.107. The van der Waals surface area contributed by atoms with Crippen molar-refractivity contribution >= 4 is 23.6 Å². The minimum atomic E-state index is 0.229. The van der Waals surface area contributed by atoms with Crippen LogP contribution in [0.1, 0.15) is 36.1 Å². The van der Waals surface area contributed by atoms with Crippen molar-refractivity contribution in [3.8, 4) is 0 Å². The molecule has 2 aromatic carbocycles. The molecule has 1 N–H and O–H groups in total. The van der Waals surface area contributed by atoms with E-state index in [0.29, 0.717) is 6.42 Å². The van der Waals surface area contributed by atoms with Gasteiger partial charge in [0.2, 0.25) is 0 Å². The van der Waals surface area contributed by atoms with Crippen molar-refractivity contribution in [2.24, 2.45) is 0 Å². The summed E-state index contributed by atoms with van der Waals surface area (Å²) in [7, 11) is 0. The average Bonchev–Trinajstić information content (AvgIpc) is 2.48. The number of aryl methyl sites for hydroxylation is 1. The normalized spacial score (nSPS) is 12.0. The minimum absolute atomic E-state index is 0.229. The zero-order chi connectivity index (χ0) is 15.2. The van der Waals surface area contributed by atoms with Crippen LogP contribution in [0.5, 0.6) is 0 Å². The van der Waals surface area contributed by atoms with Gasteiger partial charge in [-0.05, 0) is 48.2 Å². The molecule has 0 fully saturated rings. The monoisotopic (exact) mass is 301 g/mol. The number of carbonyl (C=O) groups excluding carboxylic acids is 1. The van der Waals surface area contributed by atoms with Crippen LogP contribution in [0.25, 0.3) is 0 Å². The summed E-state index contributed by atoms with van der Waals surface area (Å²) in [5.74, 6) is 0. The molecule has 2 rings (SSSR count). The van der Waals surface area contributed by atoms with Crippen molar-refractivity contribution in [3.05, 3.63) is 64.2 Å². The van der Waals surface area contributed by atoms with Crippen LogP contribution in [-0.4, -0.2) is 6.29 Å². The first-order valence-corrected chi connectivity index (χ1v) is 7.57. The van der Waals surface area contributed by atoms with E-state index in [1.807, 2.05) is 37.3 Å². The van der Waals surface area contributed by atoms with Crippen LogP contribution in [0, 0.1) is 6.92 Å². The number of hydrogen-bond acceptors (Lipinski definition) is 2. The second-order valence-corrected chi connectivity index (χ2v) is 5.59. The van der Waals surface area contributed by atoms with E-state index in [4.69, 9.17) is 11.6 Å². The number of aldehydes is 1. The third-order valence-corrected chi connectivity index (χ3v) is 4.00. The number of nitrogens with one attached hydrogen (secondary N) is 1. The molecular formula is C18H20ClNO. The Morgan fingerprint density at radius 1 is 1.24 bits per heavy atom. The van der Waals surface area contributed by atoms with Crippen LogP contribution < -0.4 is 5.32 Å². The van der Waals surface area contributed by atoms with Gasteiger partial charge in [0.15, 0.2) is 0 Å². The Bertz CT molecular complexity index is 624. The Balaban J connectivity index is 2.20. The zero-order valence-electron chi connectivity index (χ0n) is 12.4. The standard InChI is InChI=1S/C18H20ClNO/c1-3-18(15-7-8-17(19)13(2)11-15)20-16-6-4-5-14(12-16)9-10-21/h4-8,10-12,18,20H,3,9H2,1-2H3/t18-/m1/s1. The maximum Gasteiger partial charge on any atom is 0.124 e. The molecule has 0 saturated carbocycles. The molecule has 0 spiro atoms. The molecular weight excluding hydrogens is 282 g/mol. The summed E-state index contributed by atoms with van der Waals surface area (Å²) in [5.41, 5.74) is 4.37. The Kier molecular flexibility index (Phi) is 5.40. The largest absolute Gasteiger partial charge is 0.378 e. The van der Waals surface area contributed by atoms with Gasteiger partial charge in [0, 0.05) is 17.1 Å². The van der Waals surface area contributed by atoms with Crippen molar-refractivity contribution in [3.63, 3.8) is 0 Å². The molecule has 110 valence electrons. The highest BCUT2D eigenvalue weighted by atomic mass is 35.5. The van der Waals surface area contributed by atoms with Crippen molar-refractivity contribution in [2.75, 3.05) is 5.32 Å². The quantitative estimate of drug-likeness (QED) is 0.765. The van der Waals surface area contributed by atoms with Gasteiger partial charge in [0.05, 0.1) is 6.04 Å². The average molecular weight is 302 g/mol. The summed E-state index contributed by atoms with van der Waals surface area (Å²) in [5, 5.41) is 4.32. The molecule has 2 nitrogen and oxygen atoms in total. The van der Waals surface area contributed by atoms with E-state index in [-0.39, 0.29) is 6.04 Å². The Morgan fingerprint density at radius 3 is 2.71 bits per heavy atom. The Hall–Kier alpha value is -1.80. The topological polar surface area (TPSA) is 29.1 Å². The van der Waals surface area contributed by atoms with Gasteiger partial charge in [-0.1, -0.05) is 42.8 Å². The van der Waals surface area contributed by atoms with E-state index in [2.05, 4.69) is 24.4 Å². The van der Waals surface area contributed by atoms with Crippen LogP contribution in [0.15, 0.2) is 42.5 Å². The summed E-state index contributed by atoms with van der Waals surface area (Å²) >= 11 is 6.09. The molecule has 0 aromatic heterocycles. The lowest BCUT2D eigenvalue weighted by atomic mass is 10.0. The molecule has 0 aliphatic heterocycles. The molecule has 0 aliphatic rings. The third-order valence-electron chi connectivity index (χ3n) is 3.58. The predicted octanol–water partition coefficient (Wildman–Crippen LogP) is 4.95. The van der Waals surface area contributed by atoms with Crippen molar-refractivity contribution < 1.29 is 4.79 Å². The first kappa shape index (κ1) is 15.6. The molecule has 0 aliphatic carbocycles. The summed E-state index contributed by atoms with van der Waals surface area (Å²) in [4.78, 5) is 10.6. The van der Waals surface area contributed by atoms with Gasteiger partial charge in [0.1, 0.15) is 6.29 Å². The maximum absolute atomic E-state index is 10.6. The fourth-order valence-electron chi connectivity index (χ4n) is 2.39. The molecule has 0 radical (unpaired) electrons. The predicted molar refractivity (Wildman–Crippen MR) is 89.1 cm³/mol. The molecule has 1 atom stereocenters. The smallest absolute Gasteiger partial charge is 0.124 e. The number of anilines is 1. The van der Waals surface area contributed by atoms with Gasteiger partial charge in [0.25, 0.3) is 0 Å². The van der Waals surface area contributed by atoms with Gasteiger partial charge in [-0.25, -0.2) is 0 Å². The highest BCUT2D eigenvalue weighted by molar-refractivity contribution is 6.31. The number of halogens is 1. The van der Waals surface area contributed by atoms with E-state index in [1.54, 1.807) is 0 Å². The molecule has 0 amide bonds. The van der Waals surface area contributed by atoms with Gasteiger partial charge in [-0.2, -0.15) is 0 Å². The third kappa shape index (κ3) is 4.08. The van der Waals surface area contributed by atoms with Crippen LogP contribution in [0.4, 0.5) is 5.69 Å². The lowest BCUT2D eigenvalue weighted by Gasteiger charge is -2.20. The van der Waals surface area contributed by atoms with Crippen LogP contribution in [-0.2, 0) is 11.2 Å². The van der Waals surface area contributed by atoms with Crippen molar-refractivity contribution in [2.45, 2.75) is 32.7 Å². The molecule has 2 aromatic rings. The summed E-state index contributed by atoms with van der Waals surface area (Å²) in [6.45, 7) is 4.17. The van der Waals surface area contributed by atoms with Crippen LogP contribution in [0.2, 0.25) is 5.02 Å². The zero-order valence-corrected chi connectivity index (χ0v) is 13.2. The SMILES string of the molecule is CC[C@@H](Nc1cccc(CC=O)c1)c1ccc(Cl)c(C)c1. The van der Waals surface area contributed by atoms with Gasteiger partial charge in [-0.3, -0.25) is 0 Å². The minimum Gasteiger partial charge on any atom is -0.378 e. The highest BCUT2D eigenvalue weighted by Gasteiger charge is 2.10. The maximum atomic E-state index is 10.6. The van der Waals surface area contributed by atoms with E-state index in [1.165, 1.54) is 5.56 Å². The number of benzene rings is 2. The molecule has 0 bridgehead atoms. The fourth-order valence-corrected chi connectivity index (χ4v) is 2.51. The van der Waals surface area contributed by atoms with E-state index >= 15 is 0 Å². The summed E-state index contributed by atoms with van der Waals surface area (Å²) in [6.07, 6.45) is 2.35. The van der Waals surface area contributed by atoms with Crippen molar-refractivity contribution in [1.29, 1.82) is 0 Å². The number of carbonyl (C=O) groups is 1. The van der Waals surface area contributed by atoms with Crippen LogP contribution >= 0.6 is 11.6 Å². The van der Waals surface area contributed by atoms with Crippen molar-refractivity contribution in [1.82, 2.24) is 0 Å². The first-order valence-electron chi connectivity index (χ1n) is 7.19. The molecule has 0 saturated heterocycles. The molecule has 0 unspecified atom stereocenters. The molecule has 3 heteroatoms. The molecule has 21 heavy (non-hydrogen) atoms. The lowest BCUT2D eigenvalue weighted by Crippen LogP contribution is -2.10. The van der Waals surface area contributed by atoms with Crippen LogP contribution in [0.3, 0.4) is 0 Å².